The van der Waals surface area contributed by atoms with Gasteiger partial charge in [0.2, 0.25) is 0 Å². The fraction of sp³-hybridized carbons (Fsp3) is 0.500. The standard InChI is InChI=1S/C14H19N3O4/c1-15(2)10-5-7-16(8-6-10)11-3-4-13(17(20)21)12(9-11)14(18)19/h3-4,9-10H,5-8H2,1-2H3,(H,18,19). The Bertz CT molecular complexity index is 551. The SMILES string of the molecule is CN(C)C1CCN(c2ccc([N+](=O)[O-])c(C(=O)O)c2)CC1. The van der Waals surface area contributed by atoms with Crippen molar-refractivity contribution in [2.75, 3.05) is 32.1 Å². The van der Waals surface area contributed by atoms with Crippen LogP contribution in [0.2, 0.25) is 0 Å². The van der Waals surface area contributed by atoms with E-state index in [-0.39, 0.29) is 11.3 Å². The number of aromatic carboxylic acids is 1. The molecule has 0 spiro atoms. The van der Waals surface area contributed by atoms with Gasteiger partial charge in [0.25, 0.3) is 5.69 Å². The quantitative estimate of drug-likeness (QED) is 0.673. The number of benzene rings is 1. The summed E-state index contributed by atoms with van der Waals surface area (Å²) >= 11 is 0. The second-order valence-corrected chi connectivity index (χ2v) is 5.45. The molecular weight excluding hydrogens is 274 g/mol. The molecule has 1 aromatic rings. The molecule has 114 valence electrons. The van der Waals surface area contributed by atoms with Crippen LogP contribution >= 0.6 is 0 Å². The second kappa shape index (κ2) is 6.09. The highest BCUT2D eigenvalue weighted by atomic mass is 16.6. The molecule has 1 fully saturated rings. The van der Waals surface area contributed by atoms with Gasteiger partial charge in [-0.3, -0.25) is 10.1 Å². The zero-order chi connectivity index (χ0) is 15.6. The minimum atomic E-state index is -1.27. The average molecular weight is 293 g/mol. The van der Waals surface area contributed by atoms with Gasteiger partial charge < -0.3 is 14.9 Å². The van der Waals surface area contributed by atoms with Gasteiger partial charge in [0.1, 0.15) is 5.56 Å². The van der Waals surface area contributed by atoms with Crippen molar-refractivity contribution in [3.8, 4) is 0 Å². The summed E-state index contributed by atoms with van der Waals surface area (Å²) in [6, 6.07) is 4.83. The van der Waals surface area contributed by atoms with Gasteiger partial charge in [-0.2, -0.15) is 0 Å². The van der Waals surface area contributed by atoms with Gasteiger partial charge >= 0.3 is 5.97 Å². The van der Waals surface area contributed by atoms with Gasteiger partial charge in [-0.1, -0.05) is 0 Å². The fourth-order valence-corrected chi connectivity index (χ4v) is 2.69. The van der Waals surface area contributed by atoms with Crippen molar-refractivity contribution in [3.63, 3.8) is 0 Å². The molecule has 0 amide bonds. The van der Waals surface area contributed by atoms with Crippen molar-refractivity contribution < 1.29 is 14.8 Å². The summed E-state index contributed by atoms with van der Waals surface area (Å²) in [6.45, 7) is 1.64. The van der Waals surface area contributed by atoms with Crippen LogP contribution in [0.1, 0.15) is 23.2 Å². The highest BCUT2D eigenvalue weighted by Crippen LogP contribution is 2.27. The second-order valence-electron chi connectivity index (χ2n) is 5.45. The number of anilines is 1. The summed E-state index contributed by atoms with van der Waals surface area (Å²) < 4.78 is 0. The lowest BCUT2D eigenvalue weighted by atomic mass is 10.0. The van der Waals surface area contributed by atoms with Crippen LogP contribution in [0.3, 0.4) is 0 Å². The van der Waals surface area contributed by atoms with Crippen LogP contribution in [0.5, 0.6) is 0 Å². The van der Waals surface area contributed by atoms with E-state index in [2.05, 4.69) is 23.9 Å². The lowest BCUT2D eigenvalue weighted by molar-refractivity contribution is -0.385. The number of carbonyl (C=O) groups is 1. The van der Waals surface area contributed by atoms with Gasteiger partial charge in [0.05, 0.1) is 4.92 Å². The van der Waals surface area contributed by atoms with Crippen molar-refractivity contribution in [2.24, 2.45) is 0 Å². The first-order valence-corrected chi connectivity index (χ1v) is 6.83. The molecule has 7 heteroatoms. The molecule has 1 heterocycles. The topological polar surface area (TPSA) is 86.9 Å². The summed E-state index contributed by atoms with van der Waals surface area (Å²) in [7, 11) is 4.10. The van der Waals surface area contributed by atoms with Crippen LogP contribution in [-0.2, 0) is 0 Å². The number of nitro groups is 1. The van der Waals surface area contributed by atoms with Crippen LogP contribution < -0.4 is 4.90 Å². The summed E-state index contributed by atoms with van der Waals surface area (Å²) in [5.74, 6) is -1.27. The van der Waals surface area contributed by atoms with Crippen molar-refractivity contribution in [2.45, 2.75) is 18.9 Å². The van der Waals surface area contributed by atoms with E-state index in [4.69, 9.17) is 5.11 Å². The predicted octanol–water partition coefficient (Wildman–Crippen LogP) is 1.82. The van der Waals surface area contributed by atoms with E-state index in [1.54, 1.807) is 6.07 Å². The Morgan fingerprint density at radius 3 is 2.48 bits per heavy atom. The summed E-state index contributed by atoms with van der Waals surface area (Å²) in [4.78, 5) is 25.6. The van der Waals surface area contributed by atoms with Crippen LogP contribution in [0.15, 0.2) is 18.2 Å². The Balaban J connectivity index is 2.20. The molecule has 0 radical (unpaired) electrons. The Kier molecular flexibility index (Phi) is 4.42. The number of nitrogens with zero attached hydrogens (tertiary/aromatic N) is 3. The maximum absolute atomic E-state index is 11.2. The largest absolute Gasteiger partial charge is 0.477 e. The zero-order valence-corrected chi connectivity index (χ0v) is 12.2. The van der Waals surface area contributed by atoms with Crippen LogP contribution in [0, 0.1) is 10.1 Å². The van der Waals surface area contributed by atoms with Crippen LogP contribution in [-0.4, -0.2) is 54.1 Å². The van der Waals surface area contributed by atoms with Gasteiger partial charge in [0.15, 0.2) is 0 Å². The minimum absolute atomic E-state index is 0.257. The summed E-state index contributed by atoms with van der Waals surface area (Å²) in [5.41, 5.74) is 0.108. The molecule has 0 saturated carbocycles. The Morgan fingerprint density at radius 1 is 1.38 bits per heavy atom. The lowest BCUT2D eigenvalue weighted by Gasteiger charge is -2.36. The Labute approximate surface area is 122 Å². The third-order valence-corrected chi connectivity index (χ3v) is 3.97. The monoisotopic (exact) mass is 293 g/mol. The maximum Gasteiger partial charge on any atom is 0.342 e. The predicted molar refractivity (Wildman–Crippen MR) is 79.0 cm³/mol. The smallest absolute Gasteiger partial charge is 0.342 e. The average Bonchev–Trinajstić information content (AvgIpc) is 2.46. The first kappa shape index (κ1) is 15.2. The molecule has 1 N–H and O–H groups in total. The molecule has 21 heavy (non-hydrogen) atoms. The van der Waals surface area contributed by atoms with E-state index >= 15 is 0 Å². The first-order valence-electron chi connectivity index (χ1n) is 6.83. The number of hydrogen-bond donors (Lipinski definition) is 1. The number of nitro benzene ring substituents is 1. The van der Waals surface area contributed by atoms with Crippen molar-refractivity contribution >= 4 is 17.3 Å². The molecular formula is C14H19N3O4. The van der Waals surface area contributed by atoms with E-state index in [1.165, 1.54) is 12.1 Å². The lowest BCUT2D eigenvalue weighted by Crippen LogP contribution is -2.42. The zero-order valence-electron chi connectivity index (χ0n) is 12.2. The van der Waals surface area contributed by atoms with E-state index in [0.717, 1.165) is 31.6 Å². The molecule has 2 rings (SSSR count). The molecule has 1 saturated heterocycles. The van der Waals surface area contributed by atoms with E-state index in [0.29, 0.717) is 6.04 Å². The van der Waals surface area contributed by atoms with Crippen LogP contribution in [0.25, 0.3) is 0 Å². The highest BCUT2D eigenvalue weighted by Gasteiger charge is 2.24. The number of carboxylic acids is 1. The van der Waals surface area contributed by atoms with Crippen molar-refractivity contribution in [3.05, 3.63) is 33.9 Å². The maximum atomic E-state index is 11.2. The Morgan fingerprint density at radius 2 is 2.00 bits per heavy atom. The van der Waals surface area contributed by atoms with E-state index < -0.39 is 10.9 Å². The summed E-state index contributed by atoms with van der Waals surface area (Å²) in [5, 5.41) is 20.0. The third kappa shape index (κ3) is 3.30. The third-order valence-electron chi connectivity index (χ3n) is 3.97. The first-order chi connectivity index (χ1) is 9.90. The molecule has 1 aliphatic rings. The number of hydrogen-bond acceptors (Lipinski definition) is 5. The molecule has 1 aliphatic heterocycles. The molecule has 0 atom stereocenters. The Hall–Kier alpha value is -2.15. The number of piperidine rings is 1. The van der Waals surface area contributed by atoms with Gasteiger partial charge in [-0.25, -0.2) is 4.79 Å². The van der Waals surface area contributed by atoms with E-state index in [9.17, 15) is 14.9 Å². The minimum Gasteiger partial charge on any atom is -0.477 e. The molecule has 0 bridgehead atoms. The van der Waals surface area contributed by atoms with Crippen molar-refractivity contribution in [1.29, 1.82) is 0 Å². The van der Waals surface area contributed by atoms with Gasteiger partial charge in [-0.15, -0.1) is 0 Å². The molecule has 1 aromatic carbocycles. The molecule has 7 nitrogen and oxygen atoms in total. The normalized spacial score (nSPS) is 16.2. The van der Waals surface area contributed by atoms with Crippen LogP contribution in [0.4, 0.5) is 11.4 Å². The van der Waals surface area contributed by atoms with Crippen molar-refractivity contribution in [1.82, 2.24) is 4.90 Å². The highest BCUT2D eigenvalue weighted by molar-refractivity contribution is 5.93. The molecule has 0 aromatic heterocycles. The fourth-order valence-electron chi connectivity index (χ4n) is 2.69. The molecule has 0 aliphatic carbocycles. The summed E-state index contributed by atoms with van der Waals surface area (Å²) in [6.07, 6.45) is 1.98. The van der Waals surface area contributed by atoms with E-state index in [1.807, 2.05) is 0 Å². The number of rotatable bonds is 4. The van der Waals surface area contributed by atoms with Gasteiger partial charge in [0, 0.05) is 30.9 Å². The van der Waals surface area contributed by atoms with Gasteiger partial charge in [-0.05, 0) is 39.1 Å². The number of carboxylic acid groups (broad SMARTS) is 1. The molecule has 0 unspecified atom stereocenters.